The fourth-order valence-electron chi connectivity index (χ4n) is 2.56. The maximum atomic E-state index is 12.6. The summed E-state index contributed by atoms with van der Waals surface area (Å²) in [7, 11) is 0. The molecule has 1 N–H and O–H groups in total. The molecule has 0 aliphatic carbocycles. The van der Waals surface area contributed by atoms with E-state index in [1.54, 1.807) is 25.4 Å². The molecule has 7 nitrogen and oxygen atoms in total. The highest BCUT2D eigenvalue weighted by Crippen LogP contribution is 2.27. The van der Waals surface area contributed by atoms with Gasteiger partial charge in [-0.05, 0) is 43.3 Å². The van der Waals surface area contributed by atoms with E-state index in [0.717, 1.165) is 5.56 Å². The molecule has 0 radical (unpaired) electrons. The van der Waals surface area contributed by atoms with Gasteiger partial charge in [0.15, 0.2) is 11.0 Å². The van der Waals surface area contributed by atoms with Gasteiger partial charge in [-0.3, -0.25) is 14.3 Å². The van der Waals surface area contributed by atoms with E-state index in [1.807, 2.05) is 16.7 Å². The Bertz CT molecular complexity index is 996. The first-order valence-electron chi connectivity index (χ1n) is 8.95. The van der Waals surface area contributed by atoms with E-state index in [-0.39, 0.29) is 11.7 Å². The molecule has 2 heterocycles. The largest absolute Gasteiger partial charge is 0.435 e. The zero-order valence-corrected chi connectivity index (χ0v) is 16.9. The van der Waals surface area contributed by atoms with Crippen LogP contribution in [0.3, 0.4) is 0 Å². The lowest BCUT2D eigenvalue weighted by Gasteiger charge is -2.13. The monoisotopic (exact) mass is 431 g/mol. The van der Waals surface area contributed by atoms with Crippen molar-refractivity contribution in [2.24, 2.45) is 0 Å². The Morgan fingerprint density at radius 1 is 1.23 bits per heavy atom. The summed E-state index contributed by atoms with van der Waals surface area (Å²) < 4.78 is 30.6. The molecule has 3 aromatic rings. The van der Waals surface area contributed by atoms with Crippen LogP contribution in [0.5, 0.6) is 5.75 Å². The third-order valence-electron chi connectivity index (χ3n) is 3.97. The number of alkyl halides is 2. The summed E-state index contributed by atoms with van der Waals surface area (Å²) in [6.07, 6.45) is 5.07. The lowest BCUT2D eigenvalue weighted by atomic mass is 10.2. The summed E-state index contributed by atoms with van der Waals surface area (Å²) >= 11 is 1.25. The van der Waals surface area contributed by atoms with Crippen molar-refractivity contribution in [1.82, 2.24) is 19.7 Å². The molecular formula is C20H19F2N5O2S. The van der Waals surface area contributed by atoms with Gasteiger partial charge in [-0.15, -0.1) is 16.8 Å². The standard InChI is InChI=1S/C20H19F2N5O2S/c1-3-12-27-17(14-8-10-23-11-9-14)25-26-20(27)30-13(2)18(28)24-15-4-6-16(7-5-15)29-19(21)22/h3-11,13,19H,1,12H2,2H3,(H,24,28). The van der Waals surface area contributed by atoms with Crippen LogP contribution in [0, 0.1) is 0 Å². The first-order chi connectivity index (χ1) is 14.5. The van der Waals surface area contributed by atoms with Crippen molar-refractivity contribution in [1.29, 1.82) is 0 Å². The van der Waals surface area contributed by atoms with Gasteiger partial charge in [0.1, 0.15) is 5.75 Å². The number of nitrogens with one attached hydrogen (secondary N) is 1. The minimum atomic E-state index is -2.90. The van der Waals surface area contributed by atoms with Crippen LogP contribution in [-0.4, -0.2) is 37.5 Å². The highest BCUT2D eigenvalue weighted by Gasteiger charge is 2.20. The summed E-state index contributed by atoms with van der Waals surface area (Å²) in [5.74, 6) is 0.412. The number of pyridine rings is 1. The molecule has 0 saturated carbocycles. The van der Waals surface area contributed by atoms with Crippen LogP contribution in [0.15, 0.2) is 66.6 Å². The third-order valence-corrected chi connectivity index (χ3v) is 5.05. The Hall–Kier alpha value is -3.27. The van der Waals surface area contributed by atoms with Gasteiger partial charge in [-0.2, -0.15) is 8.78 Å². The summed E-state index contributed by atoms with van der Waals surface area (Å²) in [6, 6.07) is 9.37. The van der Waals surface area contributed by atoms with Crippen LogP contribution >= 0.6 is 11.8 Å². The van der Waals surface area contributed by atoms with Crippen molar-refractivity contribution in [2.75, 3.05) is 5.32 Å². The van der Waals surface area contributed by atoms with E-state index in [4.69, 9.17) is 0 Å². The predicted molar refractivity (Wildman–Crippen MR) is 110 cm³/mol. The number of carbonyl (C=O) groups is 1. The number of hydrogen-bond donors (Lipinski definition) is 1. The Morgan fingerprint density at radius 3 is 2.57 bits per heavy atom. The molecule has 0 saturated heterocycles. The van der Waals surface area contributed by atoms with Gasteiger partial charge < -0.3 is 10.1 Å². The van der Waals surface area contributed by atoms with Crippen molar-refractivity contribution >= 4 is 23.4 Å². The number of allylic oxidation sites excluding steroid dienone is 1. The zero-order chi connectivity index (χ0) is 21.5. The second-order valence-electron chi connectivity index (χ2n) is 6.09. The van der Waals surface area contributed by atoms with E-state index < -0.39 is 11.9 Å². The molecule has 0 aliphatic rings. The minimum Gasteiger partial charge on any atom is -0.435 e. The van der Waals surface area contributed by atoms with E-state index in [9.17, 15) is 13.6 Å². The van der Waals surface area contributed by atoms with Crippen LogP contribution in [-0.2, 0) is 11.3 Å². The first kappa shape index (κ1) is 21.4. The van der Waals surface area contributed by atoms with Crippen LogP contribution < -0.4 is 10.1 Å². The molecule has 30 heavy (non-hydrogen) atoms. The Morgan fingerprint density at radius 2 is 1.93 bits per heavy atom. The molecule has 10 heteroatoms. The molecule has 0 bridgehead atoms. The van der Waals surface area contributed by atoms with Crippen LogP contribution in [0.4, 0.5) is 14.5 Å². The number of thioether (sulfide) groups is 1. The van der Waals surface area contributed by atoms with E-state index in [1.165, 1.54) is 36.0 Å². The second-order valence-corrected chi connectivity index (χ2v) is 7.40. The van der Waals surface area contributed by atoms with Gasteiger partial charge in [0.2, 0.25) is 5.91 Å². The molecule has 1 amide bonds. The van der Waals surface area contributed by atoms with E-state index in [2.05, 4.69) is 31.8 Å². The van der Waals surface area contributed by atoms with Gasteiger partial charge in [-0.25, -0.2) is 0 Å². The molecule has 1 aromatic carbocycles. The van der Waals surface area contributed by atoms with Crippen molar-refractivity contribution < 1.29 is 18.3 Å². The molecule has 0 aliphatic heterocycles. The maximum absolute atomic E-state index is 12.6. The average molecular weight is 431 g/mol. The number of aromatic nitrogens is 4. The van der Waals surface area contributed by atoms with Crippen LogP contribution in [0.2, 0.25) is 0 Å². The number of halogens is 2. The molecule has 1 atom stereocenters. The number of ether oxygens (including phenoxy) is 1. The van der Waals surface area contributed by atoms with Crippen molar-refractivity contribution in [3.63, 3.8) is 0 Å². The number of carbonyl (C=O) groups excluding carboxylic acids is 1. The van der Waals surface area contributed by atoms with Crippen LogP contribution in [0.25, 0.3) is 11.4 Å². The zero-order valence-electron chi connectivity index (χ0n) is 16.0. The van der Waals surface area contributed by atoms with Crippen molar-refractivity contribution in [3.8, 4) is 17.1 Å². The average Bonchev–Trinajstić information content (AvgIpc) is 3.12. The van der Waals surface area contributed by atoms with Gasteiger partial charge >= 0.3 is 6.61 Å². The number of rotatable bonds is 9. The Kier molecular flexibility index (Phi) is 7.12. The summed E-state index contributed by atoms with van der Waals surface area (Å²) in [5, 5.41) is 11.3. The lowest BCUT2D eigenvalue weighted by molar-refractivity contribution is -0.115. The fourth-order valence-corrected chi connectivity index (χ4v) is 3.42. The Balaban J connectivity index is 1.69. The molecule has 156 valence electrons. The first-order valence-corrected chi connectivity index (χ1v) is 9.82. The van der Waals surface area contributed by atoms with Gasteiger partial charge in [0.05, 0.1) is 5.25 Å². The highest BCUT2D eigenvalue weighted by molar-refractivity contribution is 8.00. The van der Waals surface area contributed by atoms with E-state index >= 15 is 0 Å². The van der Waals surface area contributed by atoms with Crippen molar-refractivity contribution in [2.45, 2.75) is 30.5 Å². The summed E-state index contributed by atoms with van der Waals surface area (Å²) in [5.41, 5.74) is 1.33. The topological polar surface area (TPSA) is 81.9 Å². The maximum Gasteiger partial charge on any atom is 0.387 e. The van der Waals surface area contributed by atoms with Crippen LogP contribution in [0.1, 0.15) is 6.92 Å². The number of hydrogen-bond acceptors (Lipinski definition) is 6. The molecular weight excluding hydrogens is 412 g/mol. The van der Waals surface area contributed by atoms with Crippen molar-refractivity contribution in [3.05, 3.63) is 61.4 Å². The summed E-state index contributed by atoms with van der Waals surface area (Å²) in [4.78, 5) is 16.6. The number of nitrogens with zero attached hydrogens (tertiary/aromatic N) is 4. The molecule has 3 rings (SSSR count). The minimum absolute atomic E-state index is 0.0200. The molecule has 1 unspecified atom stereocenters. The number of benzene rings is 1. The predicted octanol–water partition coefficient (Wildman–Crippen LogP) is 4.25. The molecule has 2 aromatic heterocycles. The smallest absolute Gasteiger partial charge is 0.387 e. The van der Waals surface area contributed by atoms with Gasteiger partial charge in [0, 0.05) is 30.2 Å². The lowest BCUT2D eigenvalue weighted by Crippen LogP contribution is -2.23. The highest BCUT2D eigenvalue weighted by atomic mass is 32.2. The summed E-state index contributed by atoms with van der Waals surface area (Å²) in [6.45, 7) is 3.10. The normalized spacial score (nSPS) is 11.9. The van der Waals surface area contributed by atoms with Gasteiger partial charge in [-0.1, -0.05) is 17.8 Å². The fraction of sp³-hybridized carbons (Fsp3) is 0.200. The SMILES string of the molecule is C=CCn1c(SC(C)C(=O)Nc2ccc(OC(F)F)cc2)nnc1-c1ccncc1. The quantitative estimate of drug-likeness (QED) is 0.403. The Labute approximate surface area is 176 Å². The van der Waals surface area contributed by atoms with Gasteiger partial charge in [0.25, 0.3) is 0 Å². The molecule has 0 fully saturated rings. The molecule has 0 spiro atoms. The van der Waals surface area contributed by atoms with E-state index in [0.29, 0.717) is 23.2 Å². The number of anilines is 1. The second kappa shape index (κ2) is 9.97. The number of amides is 1. The third kappa shape index (κ3) is 5.41.